The van der Waals surface area contributed by atoms with Crippen molar-refractivity contribution >= 4 is 0 Å². The SMILES string of the molecule is CC(C)(C)c1[nH]ncc1CNC[C@@H]1CCN(CC(F)(F)F)C1. The van der Waals surface area contributed by atoms with Crippen LogP contribution in [-0.2, 0) is 12.0 Å². The predicted octanol–water partition coefficient (Wildman–Crippen LogP) is 2.68. The molecule has 1 saturated heterocycles. The molecule has 0 aromatic carbocycles. The molecule has 22 heavy (non-hydrogen) atoms. The van der Waals surface area contributed by atoms with Crippen molar-refractivity contribution in [3.63, 3.8) is 0 Å². The van der Waals surface area contributed by atoms with Crippen molar-refractivity contribution in [1.29, 1.82) is 0 Å². The van der Waals surface area contributed by atoms with E-state index in [0.717, 1.165) is 24.2 Å². The highest BCUT2D eigenvalue weighted by atomic mass is 19.4. The van der Waals surface area contributed by atoms with E-state index >= 15 is 0 Å². The van der Waals surface area contributed by atoms with E-state index in [1.54, 1.807) is 0 Å². The van der Waals surface area contributed by atoms with Crippen LogP contribution in [0, 0.1) is 5.92 Å². The number of hydrogen-bond acceptors (Lipinski definition) is 3. The number of likely N-dealkylation sites (tertiary alicyclic amines) is 1. The van der Waals surface area contributed by atoms with Gasteiger partial charge in [-0.15, -0.1) is 0 Å². The summed E-state index contributed by atoms with van der Waals surface area (Å²) in [4.78, 5) is 1.49. The fourth-order valence-electron chi connectivity index (χ4n) is 2.98. The highest BCUT2D eigenvalue weighted by Crippen LogP contribution is 2.24. The first-order chi connectivity index (χ1) is 10.1. The molecule has 4 nitrogen and oxygen atoms in total. The number of H-pyrrole nitrogens is 1. The standard InChI is InChI=1S/C15H25F3N4/c1-14(2,3)13-12(8-20-21-13)7-19-6-11-4-5-22(9-11)10-15(16,17)18/h8,11,19H,4-7,9-10H2,1-3H3,(H,20,21)/t11-/m0/s1. The molecular weight excluding hydrogens is 293 g/mol. The minimum Gasteiger partial charge on any atom is -0.312 e. The van der Waals surface area contributed by atoms with E-state index in [0.29, 0.717) is 19.6 Å². The van der Waals surface area contributed by atoms with Crippen molar-refractivity contribution in [3.8, 4) is 0 Å². The molecule has 0 saturated carbocycles. The molecule has 126 valence electrons. The number of rotatable bonds is 5. The van der Waals surface area contributed by atoms with Crippen LogP contribution in [0.25, 0.3) is 0 Å². The summed E-state index contributed by atoms with van der Waals surface area (Å²) < 4.78 is 37.1. The zero-order valence-electron chi connectivity index (χ0n) is 13.4. The third-order valence-electron chi connectivity index (χ3n) is 3.99. The number of nitrogens with one attached hydrogen (secondary N) is 2. The van der Waals surface area contributed by atoms with Gasteiger partial charge in [0.25, 0.3) is 0 Å². The molecule has 0 bridgehead atoms. The Morgan fingerprint density at radius 2 is 2.09 bits per heavy atom. The molecule has 0 unspecified atom stereocenters. The zero-order valence-corrected chi connectivity index (χ0v) is 13.4. The van der Waals surface area contributed by atoms with E-state index in [1.807, 2.05) is 6.20 Å². The van der Waals surface area contributed by atoms with Crippen molar-refractivity contribution in [2.75, 3.05) is 26.2 Å². The van der Waals surface area contributed by atoms with Gasteiger partial charge in [-0.25, -0.2) is 0 Å². The predicted molar refractivity (Wildman–Crippen MR) is 79.6 cm³/mol. The average molecular weight is 318 g/mol. The third kappa shape index (κ3) is 4.98. The first kappa shape index (κ1) is 17.3. The lowest BCUT2D eigenvalue weighted by Crippen LogP contribution is -2.33. The lowest BCUT2D eigenvalue weighted by Gasteiger charge is -2.19. The van der Waals surface area contributed by atoms with Crippen LogP contribution in [0.15, 0.2) is 6.20 Å². The molecule has 1 atom stereocenters. The van der Waals surface area contributed by atoms with Crippen LogP contribution in [-0.4, -0.2) is 47.5 Å². The van der Waals surface area contributed by atoms with Crippen molar-refractivity contribution < 1.29 is 13.2 Å². The van der Waals surface area contributed by atoms with Crippen molar-refractivity contribution in [1.82, 2.24) is 20.4 Å². The minimum atomic E-state index is -4.10. The maximum Gasteiger partial charge on any atom is 0.401 e. The van der Waals surface area contributed by atoms with Gasteiger partial charge < -0.3 is 5.32 Å². The monoisotopic (exact) mass is 318 g/mol. The first-order valence-electron chi connectivity index (χ1n) is 7.68. The Hall–Kier alpha value is -1.08. The van der Waals surface area contributed by atoms with Crippen LogP contribution < -0.4 is 5.32 Å². The molecule has 1 fully saturated rings. The number of aromatic amines is 1. The fourth-order valence-corrected chi connectivity index (χ4v) is 2.98. The molecule has 1 aliphatic rings. The van der Waals surface area contributed by atoms with Gasteiger partial charge in [-0.1, -0.05) is 20.8 Å². The van der Waals surface area contributed by atoms with Gasteiger partial charge in [0, 0.05) is 29.8 Å². The quantitative estimate of drug-likeness (QED) is 0.877. The molecule has 2 rings (SSSR count). The highest BCUT2D eigenvalue weighted by molar-refractivity contribution is 5.23. The normalized spacial score (nSPS) is 20.7. The molecule has 1 aromatic rings. The van der Waals surface area contributed by atoms with E-state index in [-0.39, 0.29) is 11.3 Å². The number of aromatic nitrogens is 2. The van der Waals surface area contributed by atoms with Crippen LogP contribution in [0.5, 0.6) is 0 Å². The number of nitrogens with zero attached hydrogens (tertiary/aromatic N) is 2. The lowest BCUT2D eigenvalue weighted by molar-refractivity contribution is -0.143. The van der Waals surface area contributed by atoms with E-state index in [1.165, 1.54) is 4.90 Å². The summed E-state index contributed by atoms with van der Waals surface area (Å²) in [6.07, 6.45) is -1.46. The number of alkyl halides is 3. The fraction of sp³-hybridized carbons (Fsp3) is 0.800. The Morgan fingerprint density at radius 3 is 2.73 bits per heavy atom. The smallest absolute Gasteiger partial charge is 0.312 e. The molecule has 2 heterocycles. The second-order valence-corrected chi connectivity index (χ2v) is 7.16. The lowest BCUT2D eigenvalue weighted by atomic mass is 9.89. The van der Waals surface area contributed by atoms with Gasteiger partial charge in [-0.3, -0.25) is 10.00 Å². The summed E-state index contributed by atoms with van der Waals surface area (Å²) in [7, 11) is 0. The van der Waals surface area contributed by atoms with Crippen molar-refractivity contribution in [2.45, 2.75) is 45.3 Å². The Balaban J connectivity index is 1.75. The molecule has 0 radical (unpaired) electrons. The van der Waals surface area contributed by atoms with E-state index in [2.05, 4.69) is 36.3 Å². The average Bonchev–Trinajstić information content (AvgIpc) is 2.95. The second-order valence-electron chi connectivity index (χ2n) is 7.16. The van der Waals surface area contributed by atoms with Crippen LogP contribution >= 0.6 is 0 Å². The van der Waals surface area contributed by atoms with Gasteiger partial charge in [0.05, 0.1) is 12.7 Å². The topological polar surface area (TPSA) is 44.0 Å². The molecule has 0 amide bonds. The zero-order chi connectivity index (χ0) is 16.4. The van der Waals surface area contributed by atoms with Gasteiger partial charge in [-0.2, -0.15) is 18.3 Å². The summed E-state index contributed by atoms with van der Waals surface area (Å²) in [5.74, 6) is 0.285. The molecule has 1 aliphatic heterocycles. The van der Waals surface area contributed by atoms with Crippen molar-refractivity contribution in [3.05, 3.63) is 17.5 Å². The van der Waals surface area contributed by atoms with Crippen LogP contribution in [0.4, 0.5) is 13.2 Å². The van der Waals surface area contributed by atoms with E-state index in [9.17, 15) is 13.2 Å². The summed E-state index contributed by atoms with van der Waals surface area (Å²) in [6.45, 7) is 8.05. The van der Waals surface area contributed by atoms with Gasteiger partial charge in [0.15, 0.2) is 0 Å². The number of hydrogen-bond donors (Lipinski definition) is 2. The Bertz CT molecular complexity index is 476. The highest BCUT2D eigenvalue weighted by Gasteiger charge is 2.34. The molecule has 0 spiro atoms. The third-order valence-corrected chi connectivity index (χ3v) is 3.99. The summed E-state index contributed by atoms with van der Waals surface area (Å²) in [5, 5.41) is 10.5. The first-order valence-corrected chi connectivity index (χ1v) is 7.68. The summed E-state index contributed by atoms with van der Waals surface area (Å²) in [5.41, 5.74) is 2.23. The van der Waals surface area contributed by atoms with Gasteiger partial charge in [-0.05, 0) is 25.4 Å². The molecule has 7 heteroatoms. The van der Waals surface area contributed by atoms with Gasteiger partial charge in [0.2, 0.25) is 0 Å². The summed E-state index contributed by atoms with van der Waals surface area (Å²) in [6, 6.07) is 0. The number of halogens is 3. The van der Waals surface area contributed by atoms with Gasteiger partial charge >= 0.3 is 6.18 Å². The maximum atomic E-state index is 12.4. The van der Waals surface area contributed by atoms with Gasteiger partial charge in [0.1, 0.15) is 0 Å². The molecule has 2 N–H and O–H groups in total. The van der Waals surface area contributed by atoms with E-state index in [4.69, 9.17) is 0 Å². The molecular formula is C15H25F3N4. The minimum absolute atomic E-state index is 0.00434. The second kappa shape index (κ2) is 6.58. The Labute approximate surface area is 129 Å². The largest absolute Gasteiger partial charge is 0.401 e. The van der Waals surface area contributed by atoms with Crippen LogP contribution in [0.2, 0.25) is 0 Å². The van der Waals surface area contributed by atoms with Crippen LogP contribution in [0.3, 0.4) is 0 Å². The molecule has 1 aromatic heterocycles. The van der Waals surface area contributed by atoms with Crippen molar-refractivity contribution in [2.24, 2.45) is 5.92 Å². The summed E-state index contributed by atoms with van der Waals surface area (Å²) >= 11 is 0. The maximum absolute atomic E-state index is 12.4. The van der Waals surface area contributed by atoms with E-state index < -0.39 is 12.7 Å². The Kier molecular flexibility index (Phi) is 5.17. The van der Waals surface area contributed by atoms with Crippen LogP contribution in [0.1, 0.15) is 38.4 Å². The molecule has 0 aliphatic carbocycles. The Morgan fingerprint density at radius 1 is 1.36 bits per heavy atom.